The molecule has 6 nitrogen and oxygen atoms in total. The Kier molecular flexibility index (Phi) is 4.55. The number of rotatable bonds is 4. The fourth-order valence-electron chi connectivity index (χ4n) is 2.81. The highest BCUT2D eigenvalue weighted by Crippen LogP contribution is 2.28. The average molecular weight is 346 g/mol. The molecule has 7 heteroatoms. The molecule has 0 radical (unpaired) electrons. The predicted octanol–water partition coefficient (Wildman–Crippen LogP) is 2.18. The summed E-state index contributed by atoms with van der Waals surface area (Å²) in [6.07, 6.45) is 1.07. The van der Waals surface area contributed by atoms with Crippen LogP contribution >= 0.6 is 0 Å². The van der Waals surface area contributed by atoms with Crippen molar-refractivity contribution in [3.63, 3.8) is 0 Å². The Morgan fingerprint density at radius 1 is 1.08 bits per heavy atom. The maximum absolute atomic E-state index is 12.8. The second-order valence-corrected chi connectivity index (χ2v) is 7.48. The number of hydrogen-bond acceptors (Lipinski definition) is 4. The molecule has 3 rings (SSSR count). The van der Waals surface area contributed by atoms with Gasteiger partial charge in [-0.25, -0.2) is 8.42 Å². The molecule has 1 fully saturated rings. The Labute approximate surface area is 140 Å². The summed E-state index contributed by atoms with van der Waals surface area (Å²) in [6, 6.07) is 13.7. The second-order valence-electron chi connectivity index (χ2n) is 5.59. The first-order valence-electron chi connectivity index (χ1n) is 7.66. The van der Waals surface area contributed by atoms with Crippen LogP contribution in [-0.4, -0.2) is 36.3 Å². The van der Waals surface area contributed by atoms with E-state index >= 15 is 0 Å². The fourth-order valence-corrected chi connectivity index (χ4v) is 4.49. The Balaban J connectivity index is 1.83. The Morgan fingerprint density at radius 2 is 1.75 bits per heavy atom. The maximum Gasteiger partial charge on any atom is 0.243 e. The molecule has 0 bridgehead atoms. The highest BCUT2D eigenvalue weighted by Gasteiger charge is 2.39. The number of para-hydroxylation sites is 2. The van der Waals surface area contributed by atoms with E-state index < -0.39 is 22.0 Å². The van der Waals surface area contributed by atoms with Gasteiger partial charge in [0.05, 0.1) is 10.6 Å². The lowest BCUT2D eigenvalue weighted by Gasteiger charge is -2.23. The zero-order valence-electron chi connectivity index (χ0n) is 12.9. The van der Waals surface area contributed by atoms with Crippen LogP contribution in [0.1, 0.15) is 12.8 Å². The van der Waals surface area contributed by atoms with Crippen molar-refractivity contribution < 1.29 is 18.3 Å². The van der Waals surface area contributed by atoms with Gasteiger partial charge in [-0.2, -0.15) is 4.31 Å². The van der Waals surface area contributed by atoms with Gasteiger partial charge in [-0.05, 0) is 37.1 Å². The van der Waals surface area contributed by atoms with Gasteiger partial charge in [0.15, 0.2) is 0 Å². The zero-order valence-corrected chi connectivity index (χ0v) is 13.7. The summed E-state index contributed by atoms with van der Waals surface area (Å²) in [7, 11) is -3.73. The molecule has 2 aromatic carbocycles. The molecule has 1 atom stereocenters. The Morgan fingerprint density at radius 3 is 2.46 bits per heavy atom. The van der Waals surface area contributed by atoms with E-state index in [1.165, 1.54) is 22.5 Å². The van der Waals surface area contributed by atoms with Crippen molar-refractivity contribution in [2.45, 2.75) is 23.8 Å². The standard InChI is InChI=1S/C17H18N2O4S/c20-16-11-5-4-9-14(16)18-17(21)15-10-6-12-19(15)24(22,23)13-7-2-1-3-8-13/h1-5,7-9,11,15,20H,6,10,12H2,(H,18,21). The summed E-state index contributed by atoms with van der Waals surface area (Å²) >= 11 is 0. The van der Waals surface area contributed by atoms with Crippen LogP contribution in [0.4, 0.5) is 5.69 Å². The summed E-state index contributed by atoms with van der Waals surface area (Å²) in [5.41, 5.74) is 0.270. The highest BCUT2D eigenvalue weighted by molar-refractivity contribution is 7.89. The third-order valence-electron chi connectivity index (χ3n) is 4.02. The minimum Gasteiger partial charge on any atom is -0.506 e. The lowest BCUT2D eigenvalue weighted by molar-refractivity contribution is -0.119. The fraction of sp³-hybridized carbons (Fsp3) is 0.235. The lowest BCUT2D eigenvalue weighted by Crippen LogP contribution is -2.43. The van der Waals surface area contributed by atoms with Crippen LogP contribution in [0.25, 0.3) is 0 Å². The van der Waals surface area contributed by atoms with Gasteiger partial charge in [0.2, 0.25) is 15.9 Å². The van der Waals surface area contributed by atoms with Crippen LogP contribution in [0.5, 0.6) is 5.75 Å². The minimum absolute atomic E-state index is 0.0543. The molecule has 1 saturated heterocycles. The van der Waals surface area contributed by atoms with Crippen LogP contribution < -0.4 is 5.32 Å². The first-order valence-corrected chi connectivity index (χ1v) is 9.10. The normalized spacial score (nSPS) is 18.4. The number of hydrogen-bond donors (Lipinski definition) is 2. The first kappa shape index (κ1) is 16.5. The summed E-state index contributed by atoms with van der Waals surface area (Å²) in [5.74, 6) is -0.491. The molecule has 1 unspecified atom stereocenters. The maximum atomic E-state index is 12.8. The van der Waals surface area contributed by atoms with Crippen molar-refractivity contribution in [3.8, 4) is 5.75 Å². The molecular formula is C17H18N2O4S. The second kappa shape index (κ2) is 6.62. The van der Waals surface area contributed by atoms with Gasteiger partial charge in [0.1, 0.15) is 11.8 Å². The number of phenolic OH excluding ortho intramolecular Hbond substituents is 1. The SMILES string of the molecule is O=C(Nc1ccccc1O)C1CCCN1S(=O)(=O)c1ccccc1. The molecule has 126 valence electrons. The summed E-state index contributed by atoms with van der Waals surface area (Å²) in [4.78, 5) is 12.7. The van der Waals surface area contributed by atoms with Crippen molar-refractivity contribution in [1.82, 2.24) is 4.31 Å². The number of amides is 1. The molecule has 0 spiro atoms. The minimum atomic E-state index is -3.73. The van der Waals surface area contributed by atoms with Gasteiger partial charge in [0, 0.05) is 6.54 Å². The van der Waals surface area contributed by atoms with E-state index in [9.17, 15) is 18.3 Å². The van der Waals surface area contributed by atoms with Gasteiger partial charge < -0.3 is 10.4 Å². The summed E-state index contributed by atoms with van der Waals surface area (Å²) < 4.78 is 26.8. The van der Waals surface area contributed by atoms with E-state index in [-0.39, 0.29) is 16.3 Å². The largest absolute Gasteiger partial charge is 0.506 e. The van der Waals surface area contributed by atoms with Crippen LogP contribution in [-0.2, 0) is 14.8 Å². The first-order chi connectivity index (χ1) is 11.5. The van der Waals surface area contributed by atoms with E-state index in [4.69, 9.17) is 0 Å². The van der Waals surface area contributed by atoms with Crippen molar-refractivity contribution in [3.05, 3.63) is 54.6 Å². The van der Waals surface area contributed by atoms with Crippen LogP contribution in [0.3, 0.4) is 0 Å². The van der Waals surface area contributed by atoms with E-state index in [1.807, 2.05) is 0 Å². The van der Waals surface area contributed by atoms with Gasteiger partial charge in [-0.1, -0.05) is 30.3 Å². The van der Waals surface area contributed by atoms with Crippen molar-refractivity contribution in [1.29, 1.82) is 0 Å². The van der Waals surface area contributed by atoms with Gasteiger partial charge in [-0.3, -0.25) is 4.79 Å². The highest BCUT2D eigenvalue weighted by atomic mass is 32.2. The third-order valence-corrected chi connectivity index (χ3v) is 5.94. The van der Waals surface area contributed by atoms with E-state index in [0.717, 1.165) is 0 Å². The monoisotopic (exact) mass is 346 g/mol. The van der Waals surface area contributed by atoms with Gasteiger partial charge in [-0.15, -0.1) is 0 Å². The van der Waals surface area contributed by atoms with Gasteiger partial charge >= 0.3 is 0 Å². The van der Waals surface area contributed by atoms with Crippen molar-refractivity contribution in [2.75, 3.05) is 11.9 Å². The predicted molar refractivity (Wildman–Crippen MR) is 90.1 cm³/mol. The number of sulfonamides is 1. The molecule has 2 N–H and O–H groups in total. The van der Waals surface area contributed by atoms with Crippen LogP contribution in [0.15, 0.2) is 59.5 Å². The summed E-state index contributed by atoms with van der Waals surface area (Å²) in [6.45, 7) is 0.302. The number of phenols is 1. The average Bonchev–Trinajstić information content (AvgIpc) is 3.08. The molecule has 0 saturated carbocycles. The molecule has 2 aromatic rings. The molecule has 1 heterocycles. The number of anilines is 1. The Bertz CT molecular complexity index is 837. The smallest absolute Gasteiger partial charge is 0.243 e. The lowest BCUT2D eigenvalue weighted by atomic mass is 10.2. The summed E-state index contributed by atoms with van der Waals surface area (Å²) in [5, 5.41) is 12.4. The van der Waals surface area contributed by atoms with Gasteiger partial charge in [0.25, 0.3) is 0 Å². The molecule has 24 heavy (non-hydrogen) atoms. The molecule has 0 aromatic heterocycles. The zero-order chi connectivity index (χ0) is 17.2. The molecule has 1 aliphatic rings. The number of nitrogens with zero attached hydrogens (tertiary/aromatic N) is 1. The molecular weight excluding hydrogens is 328 g/mol. The van der Waals surface area contributed by atoms with E-state index in [0.29, 0.717) is 19.4 Å². The molecule has 1 aliphatic heterocycles. The number of carbonyl (C=O) groups is 1. The molecule has 0 aliphatic carbocycles. The van der Waals surface area contributed by atoms with Crippen LogP contribution in [0.2, 0.25) is 0 Å². The number of carbonyl (C=O) groups excluding carboxylic acids is 1. The number of benzene rings is 2. The third kappa shape index (κ3) is 3.13. The Hall–Kier alpha value is -2.38. The van der Waals surface area contributed by atoms with Crippen LogP contribution in [0, 0.1) is 0 Å². The topological polar surface area (TPSA) is 86.7 Å². The van der Waals surface area contributed by atoms with Crippen molar-refractivity contribution in [2.24, 2.45) is 0 Å². The number of nitrogens with one attached hydrogen (secondary N) is 1. The van der Waals surface area contributed by atoms with E-state index in [2.05, 4.69) is 5.32 Å². The molecule has 1 amide bonds. The quantitative estimate of drug-likeness (QED) is 0.831. The number of aromatic hydroxyl groups is 1. The van der Waals surface area contributed by atoms with E-state index in [1.54, 1.807) is 36.4 Å². The van der Waals surface area contributed by atoms with Crippen molar-refractivity contribution >= 4 is 21.6 Å².